The van der Waals surface area contributed by atoms with Crippen molar-refractivity contribution in [3.05, 3.63) is 59.2 Å². The van der Waals surface area contributed by atoms with Gasteiger partial charge in [0.15, 0.2) is 15.6 Å². The Labute approximate surface area is 235 Å². The molecule has 41 heavy (non-hydrogen) atoms. The summed E-state index contributed by atoms with van der Waals surface area (Å²) in [6, 6.07) is 5.78. The first-order valence-corrected chi connectivity index (χ1v) is 16.0. The molecular formula is C28H30F6O5S2. The average Bonchev–Trinajstić information content (AvgIpc) is 2.85. The topological polar surface area (TPSA) is 85.3 Å². The van der Waals surface area contributed by atoms with Gasteiger partial charge in [-0.25, -0.2) is 8.42 Å². The fourth-order valence-corrected chi connectivity index (χ4v) is 7.78. The van der Waals surface area contributed by atoms with Crippen LogP contribution in [0.2, 0.25) is 0 Å². The van der Waals surface area contributed by atoms with Crippen LogP contribution in [0.5, 0.6) is 0 Å². The summed E-state index contributed by atoms with van der Waals surface area (Å²) in [5.41, 5.74) is -2.52. The Balaban J connectivity index is 1.58. The molecule has 1 aliphatic carbocycles. The monoisotopic (exact) mass is 624 g/mol. The van der Waals surface area contributed by atoms with Crippen molar-refractivity contribution in [2.75, 3.05) is 0 Å². The normalized spacial score (nSPS) is 19.7. The van der Waals surface area contributed by atoms with Crippen LogP contribution < -0.4 is 0 Å². The molecule has 2 aromatic rings. The molecule has 1 saturated carbocycles. The zero-order valence-corrected chi connectivity index (χ0v) is 24.0. The van der Waals surface area contributed by atoms with Gasteiger partial charge >= 0.3 is 12.4 Å². The molecule has 13 heteroatoms. The van der Waals surface area contributed by atoms with Crippen molar-refractivity contribution in [3.63, 3.8) is 0 Å². The highest BCUT2D eigenvalue weighted by atomic mass is 32.2. The molecule has 1 unspecified atom stereocenters. The lowest BCUT2D eigenvalue weighted by atomic mass is 9.67. The third kappa shape index (κ3) is 7.04. The summed E-state index contributed by atoms with van der Waals surface area (Å²) in [6.45, 7) is 3.01. The van der Waals surface area contributed by atoms with Crippen LogP contribution in [-0.2, 0) is 36.5 Å². The zero-order valence-electron chi connectivity index (χ0n) is 22.3. The molecule has 0 N–H and O–H groups in total. The maximum Gasteiger partial charge on any atom is 0.416 e. The minimum Gasteiger partial charge on any atom is -0.294 e. The Morgan fingerprint density at radius 3 is 2.07 bits per heavy atom. The number of sulfone groups is 1. The lowest BCUT2D eigenvalue weighted by Gasteiger charge is -2.45. The van der Waals surface area contributed by atoms with Crippen LogP contribution in [0.4, 0.5) is 26.3 Å². The first kappa shape index (κ1) is 32.8. The van der Waals surface area contributed by atoms with Crippen LogP contribution in [0, 0.1) is 11.8 Å². The molecule has 1 fully saturated rings. The summed E-state index contributed by atoms with van der Waals surface area (Å²) >= 11 is 0. The quantitative estimate of drug-likeness (QED) is 0.0883. The molecule has 0 bridgehead atoms. The van der Waals surface area contributed by atoms with E-state index in [1.165, 1.54) is 13.8 Å². The molecule has 0 saturated heterocycles. The highest BCUT2D eigenvalue weighted by Crippen LogP contribution is 2.48. The summed E-state index contributed by atoms with van der Waals surface area (Å²) in [6.07, 6.45) is -6.90. The Morgan fingerprint density at radius 1 is 0.927 bits per heavy atom. The summed E-state index contributed by atoms with van der Waals surface area (Å²) in [4.78, 5) is 23.0. The molecule has 0 amide bonds. The number of carbonyl (C=O) groups excluding carboxylic acids is 2. The molecule has 5 nitrogen and oxygen atoms in total. The number of benzene rings is 2. The second-order valence-corrected chi connectivity index (χ2v) is 15.5. The number of hydrogen-bond donors (Lipinski definition) is 0. The smallest absolute Gasteiger partial charge is 0.294 e. The van der Waals surface area contributed by atoms with Gasteiger partial charge in [0, 0.05) is 16.9 Å². The van der Waals surface area contributed by atoms with Gasteiger partial charge in [-0.2, -0.15) is 26.3 Å². The van der Waals surface area contributed by atoms with Crippen LogP contribution in [0.25, 0.3) is 0 Å². The molecule has 226 valence electrons. The average molecular weight is 625 g/mol. The van der Waals surface area contributed by atoms with E-state index in [0.717, 1.165) is 24.3 Å². The number of Topliss-reactive ketones (excluding diaryl/α,β-unsaturated/α-hetero) is 1. The van der Waals surface area contributed by atoms with Crippen molar-refractivity contribution in [2.24, 2.45) is 11.8 Å². The first-order valence-electron chi connectivity index (χ1n) is 12.7. The molecule has 1 aliphatic rings. The second kappa shape index (κ2) is 11.5. The van der Waals surface area contributed by atoms with E-state index in [0.29, 0.717) is 50.3 Å². The molecule has 0 spiro atoms. The van der Waals surface area contributed by atoms with Gasteiger partial charge < -0.3 is 0 Å². The molecule has 0 aliphatic heterocycles. The van der Waals surface area contributed by atoms with Crippen LogP contribution in [0.1, 0.15) is 73.9 Å². The predicted molar refractivity (Wildman–Crippen MR) is 143 cm³/mol. The van der Waals surface area contributed by atoms with E-state index in [-0.39, 0.29) is 34.3 Å². The largest absolute Gasteiger partial charge is 0.416 e. The molecule has 0 aromatic heterocycles. The second-order valence-electron chi connectivity index (χ2n) is 10.9. The van der Waals surface area contributed by atoms with Crippen molar-refractivity contribution >= 4 is 36.6 Å². The summed E-state index contributed by atoms with van der Waals surface area (Å²) in [5, 5.41) is 0. The summed E-state index contributed by atoms with van der Waals surface area (Å²) < 4.78 is 116. The minimum atomic E-state index is -4.77. The van der Waals surface area contributed by atoms with Crippen molar-refractivity contribution < 1.29 is 48.6 Å². The lowest BCUT2D eigenvalue weighted by Crippen LogP contribution is -2.46. The molecule has 1 atom stereocenters. The highest BCUT2D eigenvalue weighted by molar-refractivity contribution is 8.12. The van der Waals surface area contributed by atoms with E-state index in [1.807, 2.05) is 0 Å². The van der Waals surface area contributed by atoms with E-state index < -0.39 is 58.3 Å². The van der Waals surface area contributed by atoms with Gasteiger partial charge in [0.25, 0.3) is 0 Å². The Morgan fingerprint density at radius 2 is 1.51 bits per heavy atom. The summed E-state index contributed by atoms with van der Waals surface area (Å²) in [5.74, 6) is 2.47. The third-order valence-corrected chi connectivity index (χ3v) is 11.8. The van der Waals surface area contributed by atoms with Crippen molar-refractivity contribution in [2.45, 2.75) is 79.3 Å². The zero-order chi connectivity index (χ0) is 31.0. The minimum absolute atomic E-state index is 0.0685. The standard InChI is InChI=1S/C28H30F6O5S2/c1-26(2,41(38,39)22-9-6-8-19(15-22)27(29,30)31)21-13-18(14-21)7-4-5-10-24(36)23-12-11-20(28(32,33)34)16-25(23)40(3,37)17-35/h6,8-9,11-12,15-18,21H,3-5,7,10,13-14H2,1-2H3. The fourth-order valence-electron chi connectivity index (χ4n) is 5.02. The van der Waals surface area contributed by atoms with E-state index in [4.69, 9.17) is 0 Å². The lowest BCUT2D eigenvalue weighted by molar-refractivity contribution is -0.138. The van der Waals surface area contributed by atoms with Gasteiger partial charge in [0.2, 0.25) is 5.62 Å². The number of alkyl halides is 6. The number of unbranched alkanes of at least 4 members (excludes halogenated alkanes) is 1. The SMILES string of the molecule is C=S(=O)(C=O)c1cc(C(F)(F)F)ccc1C(=O)CCCCC1CC(C(C)(C)S(=O)(=O)c2cccc(C(F)(F)F)c2)C1. The van der Waals surface area contributed by atoms with Gasteiger partial charge in [-0.3, -0.25) is 13.8 Å². The van der Waals surface area contributed by atoms with Crippen LogP contribution in [0.15, 0.2) is 52.3 Å². The molecule has 0 heterocycles. The molecule has 2 aromatic carbocycles. The Hall–Kier alpha value is -2.67. The highest BCUT2D eigenvalue weighted by Gasteiger charge is 2.48. The Bertz CT molecular complexity index is 1520. The predicted octanol–water partition coefficient (Wildman–Crippen LogP) is 7.01. The van der Waals surface area contributed by atoms with Gasteiger partial charge in [-0.15, -0.1) is 0 Å². The Kier molecular flexibility index (Phi) is 9.25. The van der Waals surface area contributed by atoms with Crippen LogP contribution in [0.3, 0.4) is 0 Å². The number of halogens is 6. The first-order chi connectivity index (χ1) is 18.7. The van der Waals surface area contributed by atoms with Gasteiger partial charge in [-0.05, 0) is 87.2 Å². The van der Waals surface area contributed by atoms with E-state index >= 15 is 0 Å². The van der Waals surface area contributed by atoms with E-state index in [1.54, 1.807) is 0 Å². The van der Waals surface area contributed by atoms with E-state index in [2.05, 4.69) is 5.87 Å². The van der Waals surface area contributed by atoms with Gasteiger partial charge in [-0.1, -0.05) is 18.9 Å². The van der Waals surface area contributed by atoms with Crippen LogP contribution >= 0.6 is 0 Å². The maximum absolute atomic E-state index is 13.2. The number of ketones is 1. The van der Waals surface area contributed by atoms with Gasteiger partial charge in [0.05, 0.1) is 30.3 Å². The number of hydrogen-bond acceptors (Lipinski definition) is 5. The van der Waals surface area contributed by atoms with E-state index in [9.17, 15) is 48.6 Å². The maximum atomic E-state index is 13.2. The van der Waals surface area contributed by atoms with Crippen molar-refractivity contribution in [1.82, 2.24) is 0 Å². The van der Waals surface area contributed by atoms with Crippen molar-refractivity contribution in [1.29, 1.82) is 0 Å². The third-order valence-electron chi connectivity index (χ3n) is 7.79. The van der Waals surface area contributed by atoms with Crippen molar-refractivity contribution in [3.8, 4) is 0 Å². The molecule has 3 rings (SSSR count). The number of carbonyl (C=O) groups is 2. The molecular weight excluding hydrogens is 594 g/mol. The number of rotatable bonds is 11. The van der Waals surface area contributed by atoms with Crippen LogP contribution in [-0.4, -0.2) is 34.6 Å². The molecule has 0 radical (unpaired) electrons. The fraction of sp³-hybridized carbons (Fsp3) is 0.464. The van der Waals surface area contributed by atoms with Gasteiger partial charge in [0.1, 0.15) is 0 Å². The summed E-state index contributed by atoms with van der Waals surface area (Å²) in [7, 11) is -7.84.